The van der Waals surface area contributed by atoms with Crippen molar-refractivity contribution >= 4 is 35.8 Å². The van der Waals surface area contributed by atoms with E-state index in [1.54, 1.807) is 0 Å². The van der Waals surface area contributed by atoms with E-state index >= 15 is 0 Å². The van der Waals surface area contributed by atoms with Gasteiger partial charge in [0, 0.05) is 0 Å². The van der Waals surface area contributed by atoms with Crippen LogP contribution in [0, 0.1) is 0 Å². The van der Waals surface area contributed by atoms with Gasteiger partial charge < -0.3 is 0 Å². The van der Waals surface area contributed by atoms with Gasteiger partial charge in [0.2, 0.25) is 0 Å². The van der Waals surface area contributed by atoms with E-state index in [-0.39, 0.29) is 7.25 Å². The van der Waals surface area contributed by atoms with Crippen LogP contribution in [0.4, 0.5) is 0 Å². The van der Waals surface area contributed by atoms with Crippen LogP contribution in [0.1, 0.15) is 108 Å². The molecule has 0 fully saturated rings. The molecule has 2 aliphatic carbocycles. The van der Waals surface area contributed by atoms with Gasteiger partial charge in [-0.05, 0) is 0 Å². The SMILES string of the molecule is CC[SiH2][Zr]([Cl])([Cl])([CH2]C)([CH]1C(C)=Cc2c(C(C)C)cccc21)[CH]1C(C)=Cc2c(C(C)C)cccc21. The van der Waals surface area contributed by atoms with Crippen LogP contribution in [0.5, 0.6) is 0 Å². The third-order valence-electron chi connectivity index (χ3n) is 9.28. The van der Waals surface area contributed by atoms with E-state index in [9.17, 15) is 0 Å². The summed E-state index contributed by atoms with van der Waals surface area (Å²) in [5, 5.41) is 0. The fourth-order valence-corrected chi connectivity index (χ4v) is 61.5. The molecule has 34 heavy (non-hydrogen) atoms. The van der Waals surface area contributed by atoms with Crippen molar-refractivity contribution in [2.45, 2.75) is 84.7 Å². The van der Waals surface area contributed by atoms with Crippen LogP contribution in [-0.2, 0) is 14.1 Å². The van der Waals surface area contributed by atoms with Gasteiger partial charge >= 0.3 is 215 Å². The summed E-state index contributed by atoms with van der Waals surface area (Å²) in [5.41, 5.74) is 11.3. The molecule has 0 amide bonds. The second-order valence-electron chi connectivity index (χ2n) is 12.0. The van der Waals surface area contributed by atoms with E-state index < -0.39 is 20.7 Å². The molecule has 0 saturated heterocycles. The van der Waals surface area contributed by atoms with Crippen LogP contribution in [0.25, 0.3) is 12.2 Å². The van der Waals surface area contributed by atoms with Gasteiger partial charge in [-0.25, -0.2) is 0 Å². The van der Waals surface area contributed by atoms with Crippen molar-refractivity contribution in [1.82, 2.24) is 0 Å². The van der Waals surface area contributed by atoms with Gasteiger partial charge in [0.25, 0.3) is 0 Å². The Morgan fingerprint density at radius 1 is 0.765 bits per heavy atom. The Morgan fingerprint density at radius 3 is 1.50 bits per heavy atom. The third kappa shape index (κ3) is 3.60. The van der Waals surface area contributed by atoms with Gasteiger partial charge in [-0.15, -0.1) is 0 Å². The number of allylic oxidation sites excluding steroid dienone is 2. The molecule has 0 spiro atoms. The first-order chi connectivity index (χ1) is 15.8. The summed E-state index contributed by atoms with van der Waals surface area (Å²) in [4.78, 5) is 0. The Hall–Kier alpha value is -0.400. The van der Waals surface area contributed by atoms with Crippen molar-refractivity contribution in [1.29, 1.82) is 0 Å². The molecule has 2 atom stereocenters. The standard InChI is InChI=1S/2C13H15.C2H7Si.C2H5.2ClH.Zr/c2*1-9(2)12-6-4-5-11-7-10(3)8-13(11)12;1-2-3;1-2;;;/h2*4-9H,1-3H3;2-3H2,1H3;1H2,2H3;2*1H;/q;;;;;;+2/p-2. The van der Waals surface area contributed by atoms with E-state index in [2.05, 4.69) is 104 Å². The molecule has 0 nitrogen and oxygen atoms in total. The predicted molar refractivity (Wildman–Crippen MR) is 155 cm³/mol. The maximum absolute atomic E-state index is 8.61. The van der Waals surface area contributed by atoms with Gasteiger partial charge in [0.1, 0.15) is 0 Å². The van der Waals surface area contributed by atoms with Crippen LogP contribution < -0.4 is 0 Å². The molecule has 2 aromatic carbocycles. The normalized spacial score (nSPS) is 22.1. The third-order valence-corrected chi connectivity index (χ3v) is 63.4. The monoisotopic (exact) mass is 590 g/mol. The molecule has 0 aromatic heterocycles. The summed E-state index contributed by atoms with van der Waals surface area (Å²) in [7, 11) is 17.2. The van der Waals surface area contributed by atoms with Crippen LogP contribution >= 0.6 is 17.0 Å². The average molecular weight is 593 g/mol. The van der Waals surface area contributed by atoms with E-state index in [4.69, 9.17) is 17.0 Å². The average Bonchev–Trinajstić information content (AvgIpc) is 3.30. The number of benzene rings is 2. The van der Waals surface area contributed by atoms with E-state index in [1.807, 2.05) is 0 Å². The predicted octanol–water partition coefficient (Wildman–Crippen LogP) is 10.0. The summed E-state index contributed by atoms with van der Waals surface area (Å²) >= 11 is -5.07. The molecule has 4 heteroatoms. The number of hydrogen-bond acceptors (Lipinski definition) is 0. The summed E-state index contributed by atoms with van der Waals surface area (Å²) in [6, 6.07) is 14.9. The molecule has 2 aliphatic rings. The summed E-state index contributed by atoms with van der Waals surface area (Å²) < 4.78 is 1.28. The van der Waals surface area contributed by atoms with E-state index in [0.29, 0.717) is 11.8 Å². The van der Waals surface area contributed by atoms with Crippen molar-refractivity contribution in [3.63, 3.8) is 0 Å². The first kappa shape index (κ1) is 26.7. The summed E-state index contributed by atoms with van der Waals surface area (Å²) in [5.74, 6) is 0.956. The molecule has 4 rings (SSSR count). The number of hydrogen-bond donors (Lipinski definition) is 0. The molecule has 0 aliphatic heterocycles. The molecular weight excluding hydrogens is 551 g/mol. The molecule has 2 unspecified atom stereocenters. The fraction of sp³-hybridized carbons (Fsp3) is 0.467. The number of halogens is 2. The van der Waals surface area contributed by atoms with Crippen molar-refractivity contribution in [3.8, 4) is 0 Å². The Morgan fingerprint density at radius 2 is 1.18 bits per heavy atom. The Kier molecular flexibility index (Phi) is 6.73. The molecule has 0 bridgehead atoms. The van der Waals surface area contributed by atoms with Crippen LogP contribution in [0.3, 0.4) is 0 Å². The maximum atomic E-state index is 8.61. The molecule has 0 radical (unpaired) electrons. The topological polar surface area (TPSA) is 0 Å². The molecule has 2 aromatic rings. The molecular formula is C30H42Cl2SiZr. The van der Waals surface area contributed by atoms with Crippen LogP contribution in [0.2, 0.25) is 10.2 Å². The van der Waals surface area contributed by atoms with Crippen LogP contribution in [0.15, 0.2) is 47.5 Å². The van der Waals surface area contributed by atoms with Crippen molar-refractivity contribution in [2.24, 2.45) is 0 Å². The summed E-state index contributed by atoms with van der Waals surface area (Å²) in [6.07, 6.45) is 4.87. The van der Waals surface area contributed by atoms with Gasteiger partial charge in [-0.2, -0.15) is 0 Å². The minimum absolute atomic E-state index is 0.178. The second kappa shape index (κ2) is 8.58. The Bertz CT molecular complexity index is 1130. The molecule has 0 heterocycles. The number of rotatable bonds is 7. The minimum atomic E-state index is -5.07. The van der Waals surface area contributed by atoms with Gasteiger partial charge in [0.15, 0.2) is 0 Å². The van der Waals surface area contributed by atoms with Gasteiger partial charge in [0.05, 0.1) is 0 Å². The van der Waals surface area contributed by atoms with Gasteiger partial charge in [-0.1, -0.05) is 0 Å². The first-order valence-corrected chi connectivity index (χ1v) is 31.1. The first-order valence-electron chi connectivity index (χ1n) is 13.3. The van der Waals surface area contributed by atoms with Gasteiger partial charge in [-0.3, -0.25) is 0 Å². The molecule has 184 valence electrons. The Balaban J connectivity index is 2.08. The van der Waals surface area contributed by atoms with Crippen molar-refractivity contribution < 1.29 is 14.1 Å². The van der Waals surface area contributed by atoms with Crippen molar-refractivity contribution in [3.05, 3.63) is 80.9 Å². The zero-order chi connectivity index (χ0) is 25.1. The van der Waals surface area contributed by atoms with E-state index in [1.165, 1.54) is 44.5 Å². The van der Waals surface area contributed by atoms with E-state index in [0.717, 1.165) is 10.2 Å². The summed E-state index contributed by atoms with van der Waals surface area (Å²) in [6.45, 7) is 17.7. The Labute approximate surface area is 214 Å². The zero-order valence-corrected chi connectivity index (χ0v) is 27.7. The van der Waals surface area contributed by atoms with Crippen molar-refractivity contribution in [2.75, 3.05) is 0 Å². The second-order valence-corrected chi connectivity index (χ2v) is 65.1. The zero-order valence-electron chi connectivity index (χ0n) is 22.3. The quantitative estimate of drug-likeness (QED) is 0.281. The fourth-order valence-electron chi connectivity index (χ4n) is 7.96. The number of fused-ring (bicyclic) bond motifs is 2. The molecule has 0 N–H and O–H groups in total. The van der Waals surface area contributed by atoms with Crippen LogP contribution in [-0.4, -0.2) is 6.65 Å². The molecule has 0 saturated carbocycles.